The molecule has 0 spiro atoms. The van der Waals surface area contributed by atoms with Crippen LogP contribution >= 0.6 is 11.6 Å². The molecule has 5 heteroatoms. The Morgan fingerprint density at radius 1 is 1.41 bits per heavy atom. The minimum absolute atomic E-state index is 0.127. The van der Waals surface area contributed by atoms with E-state index < -0.39 is 0 Å². The van der Waals surface area contributed by atoms with Gasteiger partial charge in [0, 0.05) is 18.3 Å². The van der Waals surface area contributed by atoms with Crippen LogP contribution < -0.4 is 0 Å². The van der Waals surface area contributed by atoms with Crippen molar-refractivity contribution in [3.8, 4) is 0 Å². The van der Waals surface area contributed by atoms with Gasteiger partial charge in [0.1, 0.15) is 5.82 Å². The second-order valence-electron chi connectivity index (χ2n) is 4.43. The second kappa shape index (κ2) is 4.11. The molecule has 0 amide bonds. The maximum Gasteiger partial charge on any atom is 0.225 e. The highest BCUT2D eigenvalue weighted by Crippen LogP contribution is 2.41. The summed E-state index contributed by atoms with van der Waals surface area (Å²) >= 11 is 6.13. The Kier molecular flexibility index (Phi) is 2.59. The van der Waals surface area contributed by atoms with Gasteiger partial charge in [-0.05, 0) is 43.0 Å². The highest BCUT2D eigenvalue weighted by atomic mass is 35.5. The Hall–Kier alpha value is -1.42. The average Bonchev–Trinajstić information content (AvgIpc) is 3.13. The van der Waals surface area contributed by atoms with Crippen molar-refractivity contribution in [2.75, 3.05) is 0 Å². The molecule has 1 atom stereocenters. The van der Waals surface area contributed by atoms with Crippen molar-refractivity contribution < 1.29 is 0 Å². The summed E-state index contributed by atoms with van der Waals surface area (Å²) in [5.41, 5.74) is 1.12. The van der Waals surface area contributed by atoms with Crippen LogP contribution in [0.4, 0.5) is 0 Å². The second-order valence-corrected chi connectivity index (χ2v) is 4.77. The fraction of sp³-hybridized carbons (Fsp3) is 0.417. The van der Waals surface area contributed by atoms with Crippen molar-refractivity contribution in [2.45, 2.75) is 31.7 Å². The highest BCUT2D eigenvalue weighted by molar-refractivity contribution is 6.28. The van der Waals surface area contributed by atoms with Gasteiger partial charge in [-0.3, -0.25) is 9.55 Å². The molecule has 17 heavy (non-hydrogen) atoms. The summed E-state index contributed by atoms with van der Waals surface area (Å²) in [6, 6.07) is 4.10. The van der Waals surface area contributed by atoms with E-state index in [0.717, 1.165) is 11.4 Å². The zero-order chi connectivity index (χ0) is 11.8. The van der Waals surface area contributed by atoms with E-state index in [4.69, 9.17) is 11.6 Å². The predicted octanol–water partition coefficient (Wildman–Crippen LogP) is 2.81. The minimum atomic E-state index is 0.127. The zero-order valence-corrected chi connectivity index (χ0v) is 10.3. The van der Waals surface area contributed by atoms with Gasteiger partial charge in [-0.1, -0.05) is 6.07 Å². The van der Waals surface area contributed by atoms with Crippen molar-refractivity contribution in [3.63, 3.8) is 0 Å². The Labute approximate surface area is 105 Å². The molecule has 2 heterocycles. The van der Waals surface area contributed by atoms with Crippen LogP contribution in [0.5, 0.6) is 0 Å². The third-order valence-electron chi connectivity index (χ3n) is 3.18. The molecule has 1 aliphatic carbocycles. The van der Waals surface area contributed by atoms with Gasteiger partial charge in [-0.15, -0.1) is 10.2 Å². The van der Waals surface area contributed by atoms with Crippen molar-refractivity contribution in [1.82, 2.24) is 19.7 Å². The third kappa shape index (κ3) is 1.93. The fourth-order valence-electron chi connectivity index (χ4n) is 2.03. The molecule has 0 N–H and O–H groups in total. The van der Waals surface area contributed by atoms with Crippen LogP contribution in [0.15, 0.2) is 24.5 Å². The lowest BCUT2D eigenvalue weighted by Crippen LogP contribution is -2.10. The predicted molar refractivity (Wildman–Crippen MR) is 65.1 cm³/mol. The van der Waals surface area contributed by atoms with Crippen molar-refractivity contribution in [2.24, 2.45) is 0 Å². The molecule has 2 aromatic heterocycles. The molecule has 1 fully saturated rings. The number of aromatic nitrogens is 4. The van der Waals surface area contributed by atoms with E-state index in [1.165, 1.54) is 12.8 Å². The average molecular weight is 249 g/mol. The Bertz CT molecular complexity index is 519. The van der Waals surface area contributed by atoms with Crippen LogP contribution in [-0.2, 0) is 0 Å². The number of pyridine rings is 1. The Morgan fingerprint density at radius 2 is 2.24 bits per heavy atom. The van der Waals surface area contributed by atoms with E-state index in [0.29, 0.717) is 11.2 Å². The summed E-state index contributed by atoms with van der Waals surface area (Å²) in [5.74, 6) is 1.54. The van der Waals surface area contributed by atoms with Gasteiger partial charge >= 0.3 is 0 Å². The van der Waals surface area contributed by atoms with Crippen LogP contribution in [0.3, 0.4) is 0 Å². The number of hydrogen-bond acceptors (Lipinski definition) is 3. The molecule has 0 aromatic carbocycles. The summed E-state index contributed by atoms with van der Waals surface area (Å²) < 4.78 is 2.01. The molecule has 1 unspecified atom stereocenters. The van der Waals surface area contributed by atoms with E-state index in [9.17, 15) is 0 Å². The molecule has 1 aliphatic rings. The molecule has 2 aromatic rings. The monoisotopic (exact) mass is 248 g/mol. The first-order chi connectivity index (χ1) is 8.27. The molecule has 0 aliphatic heterocycles. The van der Waals surface area contributed by atoms with E-state index in [1.54, 1.807) is 6.20 Å². The van der Waals surface area contributed by atoms with Gasteiger partial charge < -0.3 is 0 Å². The van der Waals surface area contributed by atoms with Gasteiger partial charge in [-0.2, -0.15) is 0 Å². The first-order valence-electron chi connectivity index (χ1n) is 5.77. The molecule has 1 saturated carbocycles. The van der Waals surface area contributed by atoms with Gasteiger partial charge in [0.25, 0.3) is 0 Å². The number of halogens is 1. The first-order valence-corrected chi connectivity index (χ1v) is 6.15. The Morgan fingerprint density at radius 3 is 2.88 bits per heavy atom. The first kappa shape index (κ1) is 10.7. The van der Waals surface area contributed by atoms with Crippen LogP contribution in [0.25, 0.3) is 0 Å². The Balaban J connectivity index is 2.00. The molecule has 3 rings (SSSR count). The summed E-state index contributed by atoms with van der Waals surface area (Å²) in [5, 5.41) is 8.63. The lowest BCUT2D eigenvalue weighted by atomic mass is 10.1. The van der Waals surface area contributed by atoms with Gasteiger partial charge in [0.2, 0.25) is 5.28 Å². The van der Waals surface area contributed by atoms with Crippen molar-refractivity contribution in [1.29, 1.82) is 0 Å². The highest BCUT2D eigenvalue weighted by Gasteiger charge is 2.31. The van der Waals surface area contributed by atoms with E-state index in [2.05, 4.69) is 22.1 Å². The summed E-state index contributed by atoms with van der Waals surface area (Å²) in [6.07, 6.45) is 6.01. The molecular weight excluding hydrogens is 236 g/mol. The van der Waals surface area contributed by atoms with Gasteiger partial charge in [-0.25, -0.2) is 0 Å². The molecular formula is C12H13ClN4. The van der Waals surface area contributed by atoms with E-state index in [1.807, 2.05) is 22.9 Å². The lowest BCUT2D eigenvalue weighted by Gasteiger charge is -2.16. The molecule has 0 bridgehead atoms. The van der Waals surface area contributed by atoms with Gasteiger partial charge in [0.05, 0.1) is 6.04 Å². The standard InChI is InChI=1S/C12H13ClN4/c1-8(10-3-2-6-14-7-10)17-11(9-4-5-9)15-16-12(17)13/h2-3,6-9H,4-5H2,1H3. The van der Waals surface area contributed by atoms with Crippen LogP contribution in [0.2, 0.25) is 5.28 Å². The summed E-state index contributed by atoms with van der Waals surface area (Å²) in [4.78, 5) is 4.14. The quantitative estimate of drug-likeness (QED) is 0.839. The van der Waals surface area contributed by atoms with Gasteiger partial charge in [0.15, 0.2) is 0 Å². The fourth-order valence-corrected chi connectivity index (χ4v) is 2.30. The number of rotatable bonds is 3. The number of hydrogen-bond donors (Lipinski definition) is 0. The largest absolute Gasteiger partial charge is 0.294 e. The zero-order valence-electron chi connectivity index (χ0n) is 9.55. The third-order valence-corrected chi connectivity index (χ3v) is 3.43. The molecule has 4 nitrogen and oxygen atoms in total. The van der Waals surface area contributed by atoms with Crippen LogP contribution in [0, 0.1) is 0 Å². The maximum absolute atomic E-state index is 6.13. The van der Waals surface area contributed by atoms with Crippen molar-refractivity contribution >= 4 is 11.6 Å². The summed E-state index contributed by atoms with van der Waals surface area (Å²) in [6.45, 7) is 2.10. The normalized spacial score (nSPS) is 17.1. The molecule has 0 radical (unpaired) electrons. The van der Waals surface area contributed by atoms with Crippen LogP contribution in [-0.4, -0.2) is 19.7 Å². The summed E-state index contributed by atoms with van der Waals surface area (Å²) in [7, 11) is 0. The minimum Gasteiger partial charge on any atom is -0.294 e. The SMILES string of the molecule is CC(c1cccnc1)n1c(Cl)nnc1C1CC1. The molecule has 0 saturated heterocycles. The number of nitrogens with zero attached hydrogens (tertiary/aromatic N) is 4. The molecule has 88 valence electrons. The van der Waals surface area contributed by atoms with E-state index >= 15 is 0 Å². The van der Waals surface area contributed by atoms with Crippen molar-refractivity contribution in [3.05, 3.63) is 41.2 Å². The van der Waals surface area contributed by atoms with Crippen LogP contribution in [0.1, 0.15) is 43.1 Å². The smallest absolute Gasteiger partial charge is 0.225 e. The van der Waals surface area contributed by atoms with E-state index in [-0.39, 0.29) is 6.04 Å². The topological polar surface area (TPSA) is 43.6 Å². The lowest BCUT2D eigenvalue weighted by molar-refractivity contribution is 0.601. The maximum atomic E-state index is 6.13.